The Hall–Kier alpha value is -0.540. The van der Waals surface area contributed by atoms with Gasteiger partial charge in [0.15, 0.2) is 0 Å². The molecule has 0 aromatic heterocycles. The third-order valence-corrected chi connectivity index (χ3v) is 4.86. The number of thioether (sulfide) groups is 1. The van der Waals surface area contributed by atoms with E-state index in [1.165, 1.54) is 44.9 Å². The minimum atomic E-state index is 0.265. The zero-order valence-electron chi connectivity index (χ0n) is 13.7. The maximum absolute atomic E-state index is 8.42. The lowest BCUT2D eigenvalue weighted by Gasteiger charge is -2.31. The quantitative estimate of drug-likeness (QED) is 0.255. The molecule has 1 unspecified atom stereocenters. The summed E-state index contributed by atoms with van der Waals surface area (Å²) in [5.74, 6) is 0.662. The van der Waals surface area contributed by atoms with Gasteiger partial charge in [-0.1, -0.05) is 69.5 Å². The second kappa shape index (κ2) is 12.0. The molecule has 0 heterocycles. The van der Waals surface area contributed by atoms with Gasteiger partial charge >= 0.3 is 0 Å². The van der Waals surface area contributed by atoms with Crippen LogP contribution in [0.2, 0.25) is 0 Å². The lowest BCUT2D eigenvalue weighted by molar-refractivity contribution is 0.312. The Kier molecular flexibility index (Phi) is 10.6. The molecule has 0 aromatic carbocycles. The van der Waals surface area contributed by atoms with Gasteiger partial charge in [0, 0.05) is 0 Å². The molecule has 120 valence electrons. The van der Waals surface area contributed by atoms with Gasteiger partial charge in [-0.15, -0.1) is 0 Å². The second-order valence-electron chi connectivity index (χ2n) is 5.83. The van der Waals surface area contributed by atoms with Crippen LogP contribution in [-0.2, 0) is 0 Å². The highest BCUT2D eigenvalue weighted by molar-refractivity contribution is 8.16. The van der Waals surface area contributed by atoms with E-state index in [0.717, 1.165) is 18.0 Å². The van der Waals surface area contributed by atoms with Crippen molar-refractivity contribution in [3.63, 3.8) is 0 Å². The minimum Gasteiger partial charge on any atom is -0.308 e. The zero-order chi connectivity index (χ0) is 15.3. The molecule has 0 saturated heterocycles. The van der Waals surface area contributed by atoms with Crippen LogP contribution < -0.4 is 5.32 Å². The van der Waals surface area contributed by atoms with E-state index in [1.807, 2.05) is 11.5 Å². The molecule has 3 heteroatoms. The van der Waals surface area contributed by atoms with Gasteiger partial charge in [0.2, 0.25) is 0 Å². The predicted octanol–water partition coefficient (Wildman–Crippen LogP) is 5.52. The molecular weight excluding hydrogens is 276 g/mol. The highest BCUT2D eigenvalue weighted by Gasteiger charge is 2.26. The van der Waals surface area contributed by atoms with E-state index in [9.17, 15) is 0 Å². The molecule has 1 aliphatic carbocycles. The summed E-state index contributed by atoms with van der Waals surface area (Å²) in [6.45, 7) is 5.40. The SMILES string of the molecule is CC/C=C/C=C/SC(=N)C(NCCCC)C1CCCCC1. The van der Waals surface area contributed by atoms with Crippen molar-refractivity contribution in [1.82, 2.24) is 5.32 Å². The molecule has 1 atom stereocenters. The van der Waals surface area contributed by atoms with E-state index in [2.05, 4.69) is 31.3 Å². The van der Waals surface area contributed by atoms with Crippen molar-refractivity contribution in [2.24, 2.45) is 5.92 Å². The molecule has 0 amide bonds. The van der Waals surface area contributed by atoms with Gasteiger partial charge in [-0.05, 0) is 43.6 Å². The average molecular weight is 309 g/mol. The molecule has 0 spiro atoms. The number of unbranched alkanes of at least 4 members (excludes halogenated alkanes) is 1. The smallest absolute Gasteiger partial charge is 0.0856 e. The van der Waals surface area contributed by atoms with Crippen LogP contribution in [0.25, 0.3) is 0 Å². The summed E-state index contributed by atoms with van der Waals surface area (Å²) in [6, 6.07) is 0.265. The van der Waals surface area contributed by atoms with Gasteiger partial charge in [-0.25, -0.2) is 0 Å². The van der Waals surface area contributed by atoms with Crippen LogP contribution in [0.3, 0.4) is 0 Å². The summed E-state index contributed by atoms with van der Waals surface area (Å²) >= 11 is 1.58. The third-order valence-electron chi connectivity index (χ3n) is 4.05. The Morgan fingerprint density at radius 1 is 1.24 bits per heavy atom. The Morgan fingerprint density at radius 2 is 2.00 bits per heavy atom. The Morgan fingerprint density at radius 3 is 2.67 bits per heavy atom. The van der Waals surface area contributed by atoms with Gasteiger partial charge in [0.1, 0.15) is 0 Å². The maximum atomic E-state index is 8.42. The fourth-order valence-electron chi connectivity index (χ4n) is 2.82. The van der Waals surface area contributed by atoms with Gasteiger partial charge in [-0.2, -0.15) is 0 Å². The van der Waals surface area contributed by atoms with Crippen LogP contribution in [0.5, 0.6) is 0 Å². The van der Waals surface area contributed by atoms with Crippen LogP contribution in [0.4, 0.5) is 0 Å². The highest BCUT2D eigenvalue weighted by Crippen LogP contribution is 2.29. The van der Waals surface area contributed by atoms with Crippen LogP contribution in [0, 0.1) is 11.3 Å². The molecule has 1 fully saturated rings. The predicted molar refractivity (Wildman–Crippen MR) is 97.2 cm³/mol. The van der Waals surface area contributed by atoms with Crippen molar-refractivity contribution in [2.75, 3.05) is 6.54 Å². The molecule has 0 radical (unpaired) electrons. The number of rotatable bonds is 9. The number of nitrogens with one attached hydrogen (secondary N) is 2. The minimum absolute atomic E-state index is 0.265. The van der Waals surface area contributed by atoms with E-state index in [0.29, 0.717) is 5.92 Å². The first-order valence-corrected chi connectivity index (χ1v) is 9.47. The van der Waals surface area contributed by atoms with Crippen molar-refractivity contribution in [1.29, 1.82) is 5.41 Å². The van der Waals surface area contributed by atoms with Gasteiger partial charge in [-0.3, -0.25) is 5.41 Å². The third kappa shape index (κ3) is 7.87. The molecule has 0 aromatic rings. The first kappa shape index (κ1) is 18.5. The number of hydrogen-bond acceptors (Lipinski definition) is 3. The van der Waals surface area contributed by atoms with Crippen molar-refractivity contribution < 1.29 is 0 Å². The molecule has 1 rings (SSSR count). The Balaban J connectivity index is 2.50. The standard InChI is InChI=1S/C18H32N2S/c1-3-5-7-11-15-21-18(19)17(20-14-6-4-2)16-12-9-8-10-13-16/h5,7,11,15-17,19-20H,3-4,6,8-10,12-14H2,1-2H3/b7-5+,15-11+,19-18?. The van der Waals surface area contributed by atoms with Crippen molar-refractivity contribution in [2.45, 2.75) is 71.3 Å². The first-order valence-electron chi connectivity index (χ1n) is 8.59. The molecule has 0 aliphatic heterocycles. The fourth-order valence-corrected chi connectivity index (χ4v) is 3.56. The Labute approximate surface area is 135 Å². The molecular formula is C18H32N2S. The summed E-state index contributed by atoms with van der Waals surface area (Å²) in [5.41, 5.74) is 0. The second-order valence-corrected chi connectivity index (χ2v) is 6.78. The molecule has 2 N–H and O–H groups in total. The van der Waals surface area contributed by atoms with Crippen molar-refractivity contribution >= 4 is 16.8 Å². The first-order chi connectivity index (χ1) is 10.3. The van der Waals surface area contributed by atoms with E-state index in [4.69, 9.17) is 5.41 Å². The summed E-state index contributed by atoms with van der Waals surface area (Å²) in [6.07, 6.45) is 16.4. The van der Waals surface area contributed by atoms with Gasteiger partial charge in [0.25, 0.3) is 0 Å². The van der Waals surface area contributed by atoms with Crippen molar-refractivity contribution in [3.05, 3.63) is 23.6 Å². The van der Waals surface area contributed by atoms with E-state index >= 15 is 0 Å². The van der Waals surface area contributed by atoms with Gasteiger partial charge < -0.3 is 5.32 Å². The highest BCUT2D eigenvalue weighted by atomic mass is 32.2. The monoisotopic (exact) mass is 308 g/mol. The van der Waals surface area contributed by atoms with Crippen molar-refractivity contribution in [3.8, 4) is 0 Å². The molecule has 21 heavy (non-hydrogen) atoms. The Bertz CT molecular complexity index is 330. The maximum Gasteiger partial charge on any atom is 0.0856 e. The zero-order valence-corrected chi connectivity index (χ0v) is 14.6. The molecule has 0 bridgehead atoms. The topological polar surface area (TPSA) is 35.9 Å². The summed E-state index contributed by atoms with van der Waals surface area (Å²) < 4.78 is 0. The number of hydrogen-bond donors (Lipinski definition) is 2. The summed E-state index contributed by atoms with van der Waals surface area (Å²) in [5, 5.41) is 14.9. The largest absolute Gasteiger partial charge is 0.308 e. The van der Waals surface area contributed by atoms with Crippen LogP contribution in [0.1, 0.15) is 65.2 Å². The normalized spacial score (nSPS) is 18.6. The fraction of sp³-hybridized carbons (Fsp3) is 0.722. The van der Waals surface area contributed by atoms with Crippen LogP contribution in [-0.4, -0.2) is 17.6 Å². The molecule has 1 saturated carbocycles. The molecule has 1 aliphatic rings. The van der Waals surface area contributed by atoms with E-state index in [-0.39, 0.29) is 6.04 Å². The van der Waals surface area contributed by atoms with Crippen LogP contribution in [0.15, 0.2) is 23.6 Å². The van der Waals surface area contributed by atoms with E-state index in [1.54, 1.807) is 11.8 Å². The lowest BCUT2D eigenvalue weighted by atomic mass is 9.84. The van der Waals surface area contributed by atoms with E-state index < -0.39 is 0 Å². The summed E-state index contributed by atoms with van der Waals surface area (Å²) in [4.78, 5) is 0. The number of allylic oxidation sites excluding steroid dienone is 3. The summed E-state index contributed by atoms with van der Waals surface area (Å²) in [7, 11) is 0. The average Bonchev–Trinajstić information content (AvgIpc) is 2.52. The molecule has 2 nitrogen and oxygen atoms in total. The van der Waals surface area contributed by atoms with Crippen LogP contribution >= 0.6 is 11.8 Å². The lowest BCUT2D eigenvalue weighted by Crippen LogP contribution is -2.42. The van der Waals surface area contributed by atoms with Gasteiger partial charge in [0.05, 0.1) is 11.1 Å².